The SMILES string of the molecule is COc1ccc(CC([C@H]2CN[C@H](Cc3ccccc3C(=O)O)CO2)[P+](=O)O)cc1. The smallest absolute Gasteiger partial charge is 0.497 e. The van der Waals surface area contributed by atoms with Crippen molar-refractivity contribution in [1.29, 1.82) is 0 Å². The van der Waals surface area contributed by atoms with E-state index in [9.17, 15) is 19.4 Å². The number of ether oxygens (including phenoxy) is 2. The maximum atomic E-state index is 12.0. The van der Waals surface area contributed by atoms with Gasteiger partial charge in [0.1, 0.15) is 11.9 Å². The number of hydrogen-bond acceptors (Lipinski definition) is 5. The van der Waals surface area contributed by atoms with E-state index < -0.39 is 25.8 Å². The lowest BCUT2D eigenvalue weighted by atomic mass is 9.99. The molecule has 1 aliphatic heterocycles. The molecular weight excluding hydrogens is 393 g/mol. The fourth-order valence-corrected chi connectivity index (χ4v) is 4.39. The van der Waals surface area contributed by atoms with E-state index in [4.69, 9.17) is 9.47 Å². The van der Waals surface area contributed by atoms with Gasteiger partial charge in [-0.1, -0.05) is 30.3 Å². The first-order chi connectivity index (χ1) is 14.0. The topological polar surface area (TPSA) is 105 Å². The van der Waals surface area contributed by atoms with Crippen LogP contribution in [0.2, 0.25) is 0 Å². The monoisotopic (exact) mass is 418 g/mol. The van der Waals surface area contributed by atoms with E-state index in [1.54, 1.807) is 25.3 Å². The number of hydrogen-bond donors (Lipinski definition) is 3. The molecule has 0 amide bonds. The van der Waals surface area contributed by atoms with E-state index in [1.807, 2.05) is 30.3 Å². The van der Waals surface area contributed by atoms with Gasteiger partial charge in [-0.15, -0.1) is 0 Å². The van der Waals surface area contributed by atoms with E-state index in [0.717, 1.165) is 16.9 Å². The number of carbonyl (C=O) groups is 1. The third-order valence-corrected chi connectivity index (χ3v) is 6.23. The molecule has 4 atom stereocenters. The van der Waals surface area contributed by atoms with Crippen LogP contribution in [0.3, 0.4) is 0 Å². The highest BCUT2D eigenvalue weighted by molar-refractivity contribution is 7.39. The standard InChI is InChI=1S/C21H24NO6P/c1-27-17-8-6-14(7-9-17)10-20(29(25)26)19-12-22-16(13-28-19)11-15-4-2-3-5-18(15)21(23)24/h2-9,16,19-20,22H,10-13H2,1H3,(H-,23,24,25,26)/p+1/t16-,19-,20?/m1/s1. The van der Waals surface area contributed by atoms with Gasteiger partial charge in [0.05, 0.1) is 19.3 Å². The van der Waals surface area contributed by atoms with Crippen molar-refractivity contribution in [1.82, 2.24) is 5.32 Å². The number of aromatic carboxylic acids is 1. The van der Waals surface area contributed by atoms with Crippen molar-refractivity contribution in [2.24, 2.45) is 0 Å². The number of nitrogens with one attached hydrogen (secondary N) is 1. The molecule has 2 aromatic carbocycles. The van der Waals surface area contributed by atoms with E-state index in [2.05, 4.69) is 5.32 Å². The van der Waals surface area contributed by atoms with Crippen molar-refractivity contribution in [3.8, 4) is 5.75 Å². The van der Waals surface area contributed by atoms with Gasteiger partial charge in [0.2, 0.25) is 5.66 Å². The van der Waals surface area contributed by atoms with Gasteiger partial charge >= 0.3 is 14.0 Å². The van der Waals surface area contributed by atoms with Gasteiger partial charge < -0.3 is 19.9 Å². The normalized spacial score (nSPS) is 20.7. The van der Waals surface area contributed by atoms with Crippen molar-refractivity contribution in [3.63, 3.8) is 0 Å². The Bertz CT molecular complexity index is 849. The van der Waals surface area contributed by atoms with E-state index >= 15 is 0 Å². The molecule has 1 fully saturated rings. The van der Waals surface area contributed by atoms with Crippen LogP contribution in [0.4, 0.5) is 0 Å². The summed E-state index contributed by atoms with van der Waals surface area (Å²) in [5, 5.41) is 12.7. The number of carboxylic acids is 1. The Hall–Kier alpha value is -2.31. The zero-order valence-electron chi connectivity index (χ0n) is 16.2. The van der Waals surface area contributed by atoms with Gasteiger partial charge in [0.25, 0.3) is 0 Å². The van der Waals surface area contributed by atoms with Crippen LogP contribution >= 0.6 is 8.03 Å². The van der Waals surface area contributed by atoms with Gasteiger partial charge in [0.15, 0.2) is 0 Å². The van der Waals surface area contributed by atoms with Crippen LogP contribution in [-0.4, -0.2) is 54.0 Å². The predicted octanol–water partition coefficient (Wildman–Crippen LogP) is 2.64. The highest BCUT2D eigenvalue weighted by Crippen LogP contribution is 2.32. The van der Waals surface area contributed by atoms with Gasteiger partial charge in [-0.05, 0) is 40.3 Å². The zero-order chi connectivity index (χ0) is 20.8. The van der Waals surface area contributed by atoms with Gasteiger partial charge in [-0.3, -0.25) is 0 Å². The molecule has 0 saturated carbocycles. The summed E-state index contributed by atoms with van der Waals surface area (Å²) in [4.78, 5) is 21.2. The van der Waals surface area contributed by atoms with Crippen molar-refractivity contribution < 1.29 is 28.8 Å². The minimum atomic E-state index is -2.42. The molecule has 0 aromatic heterocycles. The number of benzene rings is 2. The lowest BCUT2D eigenvalue weighted by Gasteiger charge is -2.31. The first-order valence-electron chi connectivity index (χ1n) is 9.42. The lowest BCUT2D eigenvalue weighted by Crippen LogP contribution is -2.51. The summed E-state index contributed by atoms with van der Waals surface area (Å²) in [5.74, 6) is -0.217. The second-order valence-corrected chi connectivity index (χ2v) is 8.33. The summed E-state index contributed by atoms with van der Waals surface area (Å²) in [6, 6.07) is 14.3. The molecule has 0 aliphatic carbocycles. The molecule has 154 valence electrons. The number of methoxy groups -OCH3 is 1. The van der Waals surface area contributed by atoms with Gasteiger partial charge in [-0.2, -0.15) is 4.89 Å². The van der Waals surface area contributed by atoms with Crippen LogP contribution in [0.1, 0.15) is 21.5 Å². The molecule has 29 heavy (non-hydrogen) atoms. The third kappa shape index (κ3) is 5.61. The highest BCUT2D eigenvalue weighted by atomic mass is 31.1. The molecular formula is C21H25NO6P+. The summed E-state index contributed by atoms with van der Waals surface area (Å²) in [6.07, 6.45) is 0.551. The molecule has 8 heteroatoms. The average Bonchev–Trinajstić information content (AvgIpc) is 2.73. The van der Waals surface area contributed by atoms with Crippen molar-refractivity contribution in [3.05, 3.63) is 65.2 Å². The number of rotatable bonds is 8. The zero-order valence-corrected chi connectivity index (χ0v) is 17.0. The molecule has 0 spiro atoms. The van der Waals surface area contributed by atoms with Crippen LogP contribution in [0.5, 0.6) is 5.75 Å². The molecule has 3 rings (SSSR count). The summed E-state index contributed by atoms with van der Waals surface area (Å²) in [5.41, 5.74) is 1.43. The molecule has 7 nitrogen and oxygen atoms in total. The van der Waals surface area contributed by atoms with Gasteiger partial charge in [0, 0.05) is 19.0 Å². The van der Waals surface area contributed by atoms with Crippen molar-refractivity contribution in [2.45, 2.75) is 30.6 Å². The lowest BCUT2D eigenvalue weighted by molar-refractivity contribution is 0.00130. The predicted molar refractivity (Wildman–Crippen MR) is 109 cm³/mol. The minimum Gasteiger partial charge on any atom is -0.497 e. The van der Waals surface area contributed by atoms with Crippen LogP contribution < -0.4 is 10.1 Å². The Balaban J connectivity index is 1.60. The second kappa shape index (κ2) is 9.94. The minimum absolute atomic E-state index is 0.0510. The fourth-order valence-electron chi connectivity index (χ4n) is 3.55. The van der Waals surface area contributed by atoms with Gasteiger partial charge in [-0.25, -0.2) is 4.79 Å². The summed E-state index contributed by atoms with van der Waals surface area (Å²) in [6.45, 7) is 0.781. The quantitative estimate of drug-likeness (QED) is 0.566. The maximum Gasteiger partial charge on any atom is 0.511 e. The Kier molecular flexibility index (Phi) is 7.34. The highest BCUT2D eigenvalue weighted by Gasteiger charge is 2.40. The maximum absolute atomic E-state index is 12.0. The van der Waals surface area contributed by atoms with Crippen LogP contribution in [0.15, 0.2) is 48.5 Å². The van der Waals surface area contributed by atoms with Crippen molar-refractivity contribution in [2.75, 3.05) is 20.3 Å². The fraction of sp³-hybridized carbons (Fsp3) is 0.381. The molecule has 2 unspecified atom stereocenters. The first kappa shape index (κ1) is 21.4. The Morgan fingerprint density at radius 3 is 2.59 bits per heavy atom. The average molecular weight is 418 g/mol. The molecule has 2 aromatic rings. The van der Waals surface area contributed by atoms with Crippen LogP contribution in [0.25, 0.3) is 0 Å². The largest absolute Gasteiger partial charge is 0.511 e. The first-order valence-corrected chi connectivity index (χ1v) is 10.7. The Labute approximate surface area is 170 Å². The molecule has 1 aliphatic rings. The molecule has 3 N–H and O–H groups in total. The Morgan fingerprint density at radius 2 is 2.00 bits per heavy atom. The second-order valence-electron chi connectivity index (χ2n) is 7.07. The molecule has 0 bridgehead atoms. The van der Waals surface area contributed by atoms with E-state index in [-0.39, 0.29) is 11.6 Å². The number of carboxylic acid groups (broad SMARTS) is 1. The summed E-state index contributed by atoms with van der Waals surface area (Å²) >= 11 is 0. The molecule has 1 saturated heterocycles. The molecule has 1 heterocycles. The summed E-state index contributed by atoms with van der Waals surface area (Å²) in [7, 11) is -0.829. The van der Waals surface area contributed by atoms with Crippen LogP contribution in [-0.2, 0) is 22.1 Å². The van der Waals surface area contributed by atoms with Crippen LogP contribution in [0, 0.1) is 0 Å². The van der Waals surface area contributed by atoms with E-state index in [1.165, 1.54) is 0 Å². The van der Waals surface area contributed by atoms with Crippen molar-refractivity contribution >= 4 is 14.0 Å². The molecule has 0 radical (unpaired) electrons. The Morgan fingerprint density at radius 1 is 1.28 bits per heavy atom. The van der Waals surface area contributed by atoms with E-state index in [0.29, 0.717) is 26.0 Å². The summed E-state index contributed by atoms with van der Waals surface area (Å²) < 4.78 is 23.0. The third-order valence-electron chi connectivity index (χ3n) is 5.15. The number of morpholine rings is 1.